The number of aliphatic imine (C=N–C) groups is 1. The van der Waals surface area contributed by atoms with Crippen LogP contribution in [0.5, 0.6) is 0 Å². The number of carbonyl (C=O) groups excluding carboxylic acids is 3. The maximum atomic E-state index is 14.0. The average molecular weight is 598 g/mol. The highest BCUT2D eigenvalue weighted by atomic mass is 32.2. The van der Waals surface area contributed by atoms with Crippen LogP contribution in [0.4, 0.5) is 20.6 Å². The van der Waals surface area contributed by atoms with Gasteiger partial charge >= 0.3 is 6.09 Å². The zero-order valence-electron chi connectivity index (χ0n) is 22.5. The van der Waals surface area contributed by atoms with Gasteiger partial charge in [-0.05, 0) is 53.6 Å². The molecule has 0 spiro atoms. The first-order valence-corrected chi connectivity index (χ1v) is 13.9. The SMILES string of the molecule is N#Cc1cc(F)cc(N=C2SC(c3ccc(NC(=O)CNC(=O)OCc4ccccc4)cc3)C(=O)N2Cc2ccco2)c1. The number of hydrogen-bond donors (Lipinski definition) is 2. The van der Waals surface area contributed by atoms with Crippen molar-refractivity contribution in [2.75, 3.05) is 11.9 Å². The quantitative estimate of drug-likeness (QED) is 0.254. The van der Waals surface area contributed by atoms with Crippen LogP contribution in [0.15, 0.2) is 101 Å². The Morgan fingerprint density at radius 3 is 2.58 bits per heavy atom. The number of amidine groups is 1. The molecule has 10 nitrogen and oxygen atoms in total. The zero-order valence-corrected chi connectivity index (χ0v) is 23.3. The van der Waals surface area contributed by atoms with E-state index in [9.17, 15) is 24.0 Å². The number of nitriles is 1. The molecule has 12 heteroatoms. The van der Waals surface area contributed by atoms with Gasteiger partial charge in [-0.3, -0.25) is 14.5 Å². The molecule has 3 aromatic carbocycles. The summed E-state index contributed by atoms with van der Waals surface area (Å²) in [5.74, 6) is -0.790. The topological polar surface area (TPSA) is 137 Å². The highest BCUT2D eigenvalue weighted by Gasteiger charge is 2.39. The molecule has 216 valence electrons. The normalized spacial score (nSPS) is 15.3. The largest absolute Gasteiger partial charge is 0.467 e. The lowest BCUT2D eigenvalue weighted by molar-refractivity contribution is -0.126. The van der Waals surface area contributed by atoms with Crippen molar-refractivity contribution in [1.82, 2.24) is 10.2 Å². The summed E-state index contributed by atoms with van der Waals surface area (Å²) in [5.41, 5.74) is 2.26. The van der Waals surface area contributed by atoms with Gasteiger partial charge in [0.25, 0.3) is 0 Å². The second-order valence-electron chi connectivity index (χ2n) is 9.29. The van der Waals surface area contributed by atoms with Crippen LogP contribution >= 0.6 is 11.8 Å². The Kier molecular flexibility index (Phi) is 9.14. The summed E-state index contributed by atoms with van der Waals surface area (Å²) in [7, 11) is 0. The van der Waals surface area contributed by atoms with E-state index in [1.165, 1.54) is 35.1 Å². The third kappa shape index (κ3) is 7.66. The zero-order chi connectivity index (χ0) is 30.2. The Labute approximate surface area is 250 Å². The van der Waals surface area contributed by atoms with Crippen LogP contribution in [0.3, 0.4) is 0 Å². The smallest absolute Gasteiger partial charge is 0.407 e. The lowest BCUT2D eigenvalue weighted by Gasteiger charge is -2.15. The first-order chi connectivity index (χ1) is 20.9. The first kappa shape index (κ1) is 29.1. The highest BCUT2D eigenvalue weighted by Crippen LogP contribution is 2.41. The number of thioether (sulfide) groups is 1. The molecule has 0 aliphatic carbocycles. The van der Waals surface area contributed by atoms with E-state index >= 15 is 0 Å². The number of nitrogens with zero attached hydrogens (tertiary/aromatic N) is 3. The molecule has 0 saturated carbocycles. The molecule has 1 fully saturated rings. The van der Waals surface area contributed by atoms with Crippen LogP contribution in [0.1, 0.15) is 27.7 Å². The van der Waals surface area contributed by atoms with Gasteiger partial charge in [-0.1, -0.05) is 54.2 Å². The van der Waals surface area contributed by atoms with Crippen LogP contribution in [0, 0.1) is 17.1 Å². The van der Waals surface area contributed by atoms with Crippen molar-refractivity contribution >= 4 is 46.2 Å². The number of benzene rings is 3. The molecule has 1 aromatic heterocycles. The van der Waals surface area contributed by atoms with Crippen molar-refractivity contribution in [3.05, 3.63) is 119 Å². The molecule has 1 saturated heterocycles. The summed E-state index contributed by atoms with van der Waals surface area (Å²) >= 11 is 1.18. The molecular weight excluding hydrogens is 573 g/mol. The summed E-state index contributed by atoms with van der Waals surface area (Å²) < 4.78 is 24.6. The molecule has 43 heavy (non-hydrogen) atoms. The number of furan rings is 1. The second kappa shape index (κ2) is 13.5. The van der Waals surface area contributed by atoms with Gasteiger partial charge in [0.15, 0.2) is 5.17 Å². The lowest BCUT2D eigenvalue weighted by atomic mass is 10.1. The first-order valence-electron chi connectivity index (χ1n) is 13.0. The fraction of sp³-hybridized carbons (Fsp3) is 0.129. The molecule has 1 atom stereocenters. The van der Waals surface area contributed by atoms with Crippen molar-refractivity contribution in [2.24, 2.45) is 4.99 Å². The van der Waals surface area contributed by atoms with Crippen LogP contribution in [-0.4, -0.2) is 34.5 Å². The van der Waals surface area contributed by atoms with Gasteiger partial charge in [-0.25, -0.2) is 14.2 Å². The summed E-state index contributed by atoms with van der Waals surface area (Å²) in [6, 6.07) is 24.9. The summed E-state index contributed by atoms with van der Waals surface area (Å²) in [5, 5.41) is 13.9. The van der Waals surface area contributed by atoms with E-state index in [2.05, 4.69) is 15.6 Å². The standard InChI is InChI=1S/C31H24FN5O5S/c32-23-13-21(16-33)14-25(15-23)36-30-37(18-26-7-4-12-41-26)29(39)28(43-30)22-8-10-24(11-9-22)35-27(38)17-34-31(40)42-19-20-5-2-1-3-6-20/h1-15,28H,17-19H2,(H,34,40)(H,35,38). The maximum absolute atomic E-state index is 14.0. The Hall–Kier alpha value is -5.41. The minimum Gasteiger partial charge on any atom is -0.467 e. The number of ether oxygens (including phenoxy) is 1. The average Bonchev–Trinajstić information content (AvgIpc) is 3.64. The number of anilines is 1. The van der Waals surface area contributed by atoms with Gasteiger partial charge in [0.1, 0.15) is 30.0 Å². The summed E-state index contributed by atoms with van der Waals surface area (Å²) in [4.78, 5) is 43.7. The second-order valence-corrected chi connectivity index (χ2v) is 10.4. The number of rotatable bonds is 9. The van der Waals surface area contributed by atoms with Crippen molar-refractivity contribution < 1.29 is 27.9 Å². The van der Waals surface area contributed by atoms with Crippen LogP contribution in [0.2, 0.25) is 0 Å². The molecule has 1 aliphatic heterocycles. The minimum absolute atomic E-state index is 0.0855. The highest BCUT2D eigenvalue weighted by molar-refractivity contribution is 8.15. The van der Waals surface area contributed by atoms with Crippen molar-refractivity contribution in [2.45, 2.75) is 18.4 Å². The molecule has 0 radical (unpaired) electrons. The summed E-state index contributed by atoms with van der Waals surface area (Å²) in [6.07, 6.45) is 0.782. The van der Waals surface area contributed by atoms with Crippen LogP contribution in [0.25, 0.3) is 0 Å². The number of hydrogen-bond acceptors (Lipinski definition) is 8. The molecule has 4 aromatic rings. The molecule has 2 heterocycles. The Balaban J connectivity index is 1.23. The molecule has 0 bridgehead atoms. The van der Waals surface area contributed by atoms with E-state index in [1.807, 2.05) is 36.4 Å². The van der Waals surface area contributed by atoms with E-state index in [1.54, 1.807) is 36.4 Å². The van der Waals surface area contributed by atoms with Gasteiger partial charge in [0.05, 0.1) is 30.1 Å². The molecule has 2 N–H and O–H groups in total. The van der Waals surface area contributed by atoms with Gasteiger partial charge in [-0.2, -0.15) is 5.26 Å². The van der Waals surface area contributed by atoms with Crippen LogP contribution < -0.4 is 10.6 Å². The van der Waals surface area contributed by atoms with Gasteiger partial charge in [0.2, 0.25) is 11.8 Å². The fourth-order valence-electron chi connectivity index (χ4n) is 4.14. The number of halogens is 1. The maximum Gasteiger partial charge on any atom is 0.407 e. The van der Waals surface area contributed by atoms with E-state index in [0.29, 0.717) is 22.2 Å². The van der Waals surface area contributed by atoms with Crippen molar-refractivity contribution in [3.8, 4) is 6.07 Å². The molecule has 1 unspecified atom stereocenters. The molecule has 5 rings (SSSR count). The molecule has 1 aliphatic rings. The van der Waals surface area contributed by atoms with E-state index in [0.717, 1.165) is 11.6 Å². The Morgan fingerprint density at radius 1 is 1.07 bits per heavy atom. The van der Waals surface area contributed by atoms with Crippen molar-refractivity contribution in [1.29, 1.82) is 5.26 Å². The lowest BCUT2D eigenvalue weighted by Crippen LogP contribution is -2.33. The third-order valence-corrected chi connectivity index (χ3v) is 7.41. The molecular formula is C31H24FN5O5S. The minimum atomic E-state index is -0.718. The predicted molar refractivity (Wildman–Crippen MR) is 158 cm³/mol. The Morgan fingerprint density at radius 2 is 1.86 bits per heavy atom. The van der Waals surface area contributed by atoms with Crippen LogP contribution in [-0.2, 0) is 27.5 Å². The molecule has 3 amide bonds. The van der Waals surface area contributed by atoms with Gasteiger partial charge < -0.3 is 19.8 Å². The van der Waals surface area contributed by atoms with E-state index in [-0.39, 0.29) is 36.9 Å². The fourth-order valence-corrected chi connectivity index (χ4v) is 5.32. The Bertz CT molecular complexity index is 1690. The monoisotopic (exact) mass is 597 g/mol. The number of nitrogens with one attached hydrogen (secondary N) is 2. The summed E-state index contributed by atoms with van der Waals surface area (Å²) in [6.45, 7) is -0.0901. The van der Waals surface area contributed by atoms with Gasteiger partial charge in [-0.15, -0.1) is 0 Å². The number of amides is 3. The predicted octanol–water partition coefficient (Wildman–Crippen LogP) is 5.66. The van der Waals surface area contributed by atoms with Crippen molar-refractivity contribution in [3.63, 3.8) is 0 Å². The number of carbonyl (C=O) groups is 3. The van der Waals surface area contributed by atoms with E-state index < -0.39 is 23.1 Å². The van der Waals surface area contributed by atoms with Gasteiger partial charge in [0, 0.05) is 5.69 Å². The van der Waals surface area contributed by atoms with E-state index in [4.69, 9.17) is 9.15 Å². The number of alkyl carbamates (subject to hydrolysis) is 1. The third-order valence-electron chi connectivity index (χ3n) is 6.18.